The van der Waals surface area contributed by atoms with Gasteiger partial charge >= 0.3 is 6.09 Å². The SMILES string of the molecule is CCCCCO[C@@H]1C[C@H](CO)N(C(=O)OC(C)(C)C)C1. The lowest BCUT2D eigenvalue weighted by atomic mass is 10.2. The minimum Gasteiger partial charge on any atom is -0.444 e. The summed E-state index contributed by atoms with van der Waals surface area (Å²) >= 11 is 0. The maximum absolute atomic E-state index is 12.1. The van der Waals surface area contributed by atoms with Crippen LogP contribution in [0.1, 0.15) is 53.4 Å². The monoisotopic (exact) mass is 287 g/mol. The molecule has 0 radical (unpaired) electrons. The van der Waals surface area contributed by atoms with Crippen molar-refractivity contribution in [2.75, 3.05) is 19.8 Å². The van der Waals surface area contributed by atoms with Crippen molar-refractivity contribution in [2.45, 2.75) is 71.1 Å². The summed E-state index contributed by atoms with van der Waals surface area (Å²) in [6.07, 6.45) is 3.70. The molecule has 5 nitrogen and oxygen atoms in total. The van der Waals surface area contributed by atoms with Crippen molar-refractivity contribution in [1.82, 2.24) is 4.90 Å². The second-order valence-electron chi connectivity index (χ2n) is 6.40. The van der Waals surface area contributed by atoms with Crippen LogP contribution < -0.4 is 0 Å². The zero-order chi connectivity index (χ0) is 15.2. The summed E-state index contributed by atoms with van der Waals surface area (Å²) in [6.45, 7) is 8.86. The summed E-state index contributed by atoms with van der Waals surface area (Å²) in [5.74, 6) is 0. The van der Waals surface area contributed by atoms with E-state index in [1.165, 1.54) is 0 Å². The second kappa shape index (κ2) is 7.84. The molecule has 1 rings (SSSR count). The van der Waals surface area contributed by atoms with Crippen LogP contribution in [0.25, 0.3) is 0 Å². The van der Waals surface area contributed by atoms with Crippen molar-refractivity contribution >= 4 is 6.09 Å². The summed E-state index contributed by atoms with van der Waals surface area (Å²) in [7, 11) is 0. The molecule has 1 aliphatic heterocycles. The van der Waals surface area contributed by atoms with Gasteiger partial charge in [0, 0.05) is 6.61 Å². The van der Waals surface area contributed by atoms with Crippen LogP contribution in [0.4, 0.5) is 4.79 Å². The van der Waals surface area contributed by atoms with Crippen LogP contribution in [0.2, 0.25) is 0 Å². The highest BCUT2D eigenvalue weighted by molar-refractivity contribution is 5.69. The van der Waals surface area contributed by atoms with Crippen LogP contribution in [0, 0.1) is 0 Å². The Morgan fingerprint density at radius 3 is 2.60 bits per heavy atom. The van der Waals surface area contributed by atoms with Gasteiger partial charge in [0.05, 0.1) is 25.3 Å². The number of amides is 1. The Labute approximate surface area is 122 Å². The average Bonchev–Trinajstić information content (AvgIpc) is 2.76. The highest BCUT2D eigenvalue weighted by atomic mass is 16.6. The van der Waals surface area contributed by atoms with Gasteiger partial charge in [-0.05, 0) is 33.6 Å². The molecular formula is C15H29NO4. The van der Waals surface area contributed by atoms with Gasteiger partial charge in [-0.3, -0.25) is 0 Å². The van der Waals surface area contributed by atoms with Gasteiger partial charge in [-0.25, -0.2) is 4.79 Å². The quantitative estimate of drug-likeness (QED) is 0.763. The Bertz CT molecular complexity index is 301. The molecule has 2 atom stereocenters. The van der Waals surface area contributed by atoms with Crippen molar-refractivity contribution < 1.29 is 19.4 Å². The molecule has 118 valence electrons. The molecule has 5 heteroatoms. The van der Waals surface area contributed by atoms with Crippen LogP contribution in [-0.4, -0.2) is 53.6 Å². The molecule has 0 aromatic heterocycles. The third-order valence-electron chi connectivity index (χ3n) is 3.32. The van der Waals surface area contributed by atoms with Crippen molar-refractivity contribution in [3.05, 3.63) is 0 Å². The molecule has 1 fully saturated rings. The van der Waals surface area contributed by atoms with Crippen molar-refractivity contribution in [1.29, 1.82) is 0 Å². The number of aliphatic hydroxyl groups is 1. The van der Waals surface area contributed by atoms with Gasteiger partial charge in [-0.1, -0.05) is 19.8 Å². The molecule has 1 N–H and O–H groups in total. The standard InChI is InChI=1S/C15H29NO4/c1-5-6-7-8-19-13-9-12(11-17)16(10-13)14(18)20-15(2,3)4/h12-13,17H,5-11H2,1-4H3/t12-,13-/m1/s1. The molecule has 1 heterocycles. The number of unbranched alkanes of at least 4 members (excludes halogenated alkanes) is 2. The zero-order valence-corrected chi connectivity index (χ0v) is 13.2. The third-order valence-corrected chi connectivity index (χ3v) is 3.32. The van der Waals surface area contributed by atoms with Gasteiger partial charge < -0.3 is 19.5 Å². The molecule has 0 saturated carbocycles. The molecule has 0 spiro atoms. The van der Waals surface area contributed by atoms with Gasteiger partial charge in [-0.15, -0.1) is 0 Å². The number of carbonyl (C=O) groups is 1. The Morgan fingerprint density at radius 1 is 1.35 bits per heavy atom. The van der Waals surface area contributed by atoms with E-state index in [4.69, 9.17) is 9.47 Å². The number of ether oxygens (including phenoxy) is 2. The average molecular weight is 287 g/mol. The fourth-order valence-electron chi connectivity index (χ4n) is 2.31. The number of carbonyl (C=O) groups excluding carboxylic acids is 1. The van der Waals surface area contributed by atoms with E-state index in [1.807, 2.05) is 20.8 Å². The van der Waals surface area contributed by atoms with Crippen LogP contribution >= 0.6 is 0 Å². The number of hydrogen-bond donors (Lipinski definition) is 1. The Kier molecular flexibility index (Phi) is 6.76. The summed E-state index contributed by atoms with van der Waals surface area (Å²) in [5.41, 5.74) is -0.517. The predicted molar refractivity (Wildman–Crippen MR) is 77.7 cm³/mol. The molecule has 20 heavy (non-hydrogen) atoms. The van der Waals surface area contributed by atoms with Crippen LogP contribution in [-0.2, 0) is 9.47 Å². The molecule has 0 bridgehead atoms. The summed E-state index contributed by atoms with van der Waals surface area (Å²) < 4.78 is 11.2. The first-order chi connectivity index (χ1) is 9.37. The number of rotatable bonds is 6. The number of aliphatic hydroxyl groups excluding tert-OH is 1. The van der Waals surface area contributed by atoms with E-state index in [-0.39, 0.29) is 24.8 Å². The van der Waals surface area contributed by atoms with Crippen LogP contribution in [0.3, 0.4) is 0 Å². The first-order valence-electron chi connectivity index (χ1n) is 7.59. The maximum Gasteiger partial charge on any atom is 0.410 e. The van der Waals surface area contributed by atoms with E-state index in [1.54, 1.807) is 4.90 Å². The largest absolute Gasteiger partial charge is 0.444 e. The number of likely N-dealkylation sites (tertiary alicyclic amines) is 1. The molecular weight excluding hydrogens is 258 g/mol. The molecule has 0 unspecified atom stereocenters. The smallest absolute Gasteiger partial charge is 0.410 e. The van der Waals surface area contributed by atoms with E-state index >= 15 is 0 Å². The minimum atomic E-state index is -0.517. The van der Waals surface area contributed by atoms with Crippen molar-refractivity contribution in [2.24, 2.45) is 0 Å². The molecule has 1 amide bonds. The number of nitrogens with zero attached hydrogens (tertiary/aromatic N) is 1. The zero-order valence-electron chi connectivity index (χ0n) is 13.2. The molecule has 0 aromatic rings. The lowest BCUT2D eigenvalue weighted by Crippen LogP contribution is -2.41. The highest BCUT2D eigenvalue weighted by Gasteiger charge is 2.37. The summed E-state index contributed by atoms with van der Waals surface area (Å²) in [6, 6.07) is -0.193. The third kappa shape index (κ3) is 5.67. The van der Waals surface area contributed by atoms with Crippen LogP contribution in [0.15, 0.2) is 0 Å². The predicted octanol–water partition coefficient (Wildman–Crippen LogP) is 2.56. The topological polar surface area (TPSA) is 59.0 Å². The molecule has 1 aliphatic rings. The van der Waals surface area contributed by atoms with Crippen molar-refractivity contribution in [3.63, 3.8) is 0 Å². The minimum absolute atomic E-state index is 0.0107. The summed E-state index contributed by atoms with van der Waals surface area (Å²) in [4.78, 5) is 13.7. The highest BCUT2D eigenvalue weighted by Crippen LogP contribution is 2.23. The number of hydrogen-bond acceptors (Lipinski definition) is 4. The van der Waals surface area contributed by atoms with Gasteiger partial charge in [0.1, 0.15) is 5.60 Å². The lowest BCUT2D eigenvalue weighted by Gasteiger charge is -2.27. The Morgan fingerprint density at radius 2 is 2.05 bits per heavy atom. The van der Waals surface area contributed by atoms with E-state index in [9.17, 15) is 9.90 Å². The van der Waals surface area contributed by atoms with Gasteiger partial charge in [-0.2, -0.15) is 0 Å². The Hall–Kier alpha value is -0.810. The second-order valence-corrected chi connectivity index (χ2v) is 6.40. The normalized spacial score (nSPS) is 23.1. The molecule has 0 aliphatic carbocycles. The molecule has 1 saturated heterocycles. The fraction of sp³-hybridized carbons (Fsp3) is 0.933. The lowest BCUT2D eigenvalue weighted by molar-refractivity contribution is 0.0132. The van der Waals surface area contributed by atoms with Gasteiger partial charge in [0.2, 0.25) is 0 Å². The van der Waals surface area contributed by atoms with E-state index in [2.05, 4.69) is 6.92 Å². The summed E-state index contributed by atoms with van der Waals surface area (Å²) in [5, 5.41) is 9.41. The first-order valence-corrected chi connectivity index (χ1v) is 7.59. The van der Waals surface area contributed by atoms with Crippen molar-refractivity contribution in [3.8, 4) is 0 Å². The first kappa shape index (κ1) is 17.2. The maximum atomic E-state index is 12.1. The van der Waals surface area contributed by atoms with Crippen LogP contribution in [0.5, 0.6) is 0 Å². The fourth-order valence-corrected chi connectivity index (χ4v) is 2.31. The van der Waals surface area contributed by atoms with E-state index in [0.717, 1.165) is 25.9 Å². The van der Waals surface area contributed by atoms with E-state index < -0.39 is 5.60 Å². The Balaban J connectivity index is 2.45. The van der Waals surface area contributed by atoms with E-state index in [0.29, 0.717) is 13.0 Å². The van der Waals surface area contributed by atoms with Gasteiger partial charge in [0.25, 0.3) is 0 Å². The molecule has 0 aromatic carbocycles. The van der Waals surface area contributed by atoms with Gasteiger partial charge in [0.15, 0.2) is 0 Å².